The lowest BCUT2D eigenvalue weighted by Gasteiger charge is -2.34. The number of unbranched alkanes of at least 4 members (excludes halogenated alkanes) is 8. The van der Waals surface area contributed by atoms with E-state index in [0.717, 1.165) is 30.1 Å². The van der Waals surface area contributed by atoms with Crippen LogP contribution in [0.3, 0.4) is 0 Å². The zero-order valence-electron chi connectivity index (χ0n) is 24.1. The molecule has 1 saturated heterocycles. The van der Waals surface area contributed by atoms with E-state index in [1.807, 2.05) is 6.07 Å². The molecule has 214 valence electrons. The van der Waals surface area contributed by atoms with E-state index in [2.05, 4.69) is 59.5 Å². The van der Waals surface area contributed by atoms with Crippen molar-refractivity contribution in [3.05, 3.63) is 89.5 Å². The van der Waals surface area contributed by atoms with E-state index < -0.39 is 0 Å². The fraction of sp³-hybridized carbons (Fsp3) is 0.500. The number of phenols is 1. The van der Waals surface area contributed by atoms with Gasteiger partial charge in [-0.05, 0) is 74.6 Å². The number of hydrogen-bond donors (Lipinski definition) is 1. The molecular formula is C36H47NO3. The molecule has 3 aromatic carbocycles. The Morgan fingerprint density at radius 1 is 0.725 bits per heavy atom. The second kappa shape index (κ2) is 15.1. The van der Waals surface area contributed by atoms with Crippen LogP contribution >= 0.6 is 0 Å². The monoisotopic (exact) mass is 541 g/mol. The van der Waals surface area contributed by atoms with Gasteiger partial charge < -0.3 is 19.5 Å². The molecule has 1 fully saturated rings. The first-order valence-corrected chi connectivity index (χ1v) is 15.7. The maximum absolute atomic E-state index is 10.0. The summed E-state index contributed by atoms with van der Waals surface area (Å²) in [5.41, 5.74) is 3.63. The third-order valence-electron chi connectivity index (χ3n) is 8.71. The van der Waals surface area contributed by atoms with Gasteiger partial charge in [-0.1, -0.05) is 93.5 Å². The zero-order valence-corrected chi connectivity index (χ0v) is 24.1. The predicted octanol–water partition coefficient (Wildman–Crippen LogP) is 8.69. The fourth-order valence-electron chi connectivity index (χ4n) is 6.44. The van der Waals surface area contributed by atoms with Gasteiger partial charge in [-0.3, -0.25) is 0 Å². The summed E-state index contributed by atoms with van der Waals surface area (Å²) in [6, 6.07) is 24.7. The average molecular weight is 542 g/mol. The van der Waals surface area contributed by atoms with Crippen molar-refractivity contribution in [2.45, 2.75) is 82.5 Å². The summed E-state index contributed by atoms with van der Waals surface area (Å²) in [7, 11) is 0. The normalized spacial score (nSPS) is 18.8. The van der Waals surface area contributed by atoms with E-state index in [-0.39, 0.29) is 17.6 Å². The number of rotatable bonds is 15. The summed E-state index contributed by atoms with van der Waals surface area (Å²) >= 11 is 0. The molecule has 0 unspecified atom stereocenters. The van der Waals surface area contributed by atoms with E-state index >= 15 is 0 Å². The van der Waals surface area contributed by atoms with Gasteiger partial charge in [0.05, 0.1) is 13.2 Å². The molecule has 0 saturated carbocycles. The van der Waals surface area contributed by atoms with Crippen LogP contribution in [-0.2, 0) is 0 Å². The molecule has 3 aromatic rings. The minimum Gasteiger partial charge on any atom is -0.508 e. The fourth-order valence-corrected chi connectivity index (χ4v) is 6.44. The van der Waals surface area contributed by atoms with Gasteiger partial charge in [-0.25, -0.2) is 0 Å². The van der Waals surface area contributed by atoms with Crippen LogP contribution in [0.2, 0.25) is 0 Å². The van der Waals surface area contributed by atoms with Crippen molar-refractivity contribution in [3.8, 4) is 17.2 Å². The van der Waals surface area contributed by atoms with Crippen LogP contribution in [-0.4, -0.2) is 42.9 Å². The van der Waals surface area contributed by atoms with E-state index in [0.29, 0.717) is 6.61 Å². The van der Waals surface area contributed by atoms with Crippen LogP contribution in [0.15, 0.2) is 72.8 Å². The number of phenolic OH excluding ortho intramolecular Hbond substituents is 1. The van der Waals surface area contributed by atoms with E-state index in [4.69, 9.17) is 9.47 Å². The summed E-state index contributed by atoms with van der Waals surface area (Å²) in [6.45, 7) is 5.36. The quantitative estimate of drug-likeness (QED) is 0.195. The highest BCUT2D eigenvalue weighted by atomic mass is 16.5. The van der Waals surface area contributed by atoms with Gasteiger partial charge in [0.2, 0.25) is 0 Å². The smallest absolute Gasteiger partial charge is 0.126 e. The minimum absolute atomic E-state index is 0.158. The van der Waals surface area contributed by atoms with Crippen LogP contribution in [0.1, 0.15) is 99.2 Å². The Morgan fingerprint density at radius 3 is 2.12 bits per heavy atom. The molecule has 2 heterocycles. The Kier molecular flexibility index (Phi) is 10.8. The molecule has 0 radical (unpaired) electrons. The second-order valence-electron chi connectivity index (χ2n) is 11.7. The van der Waals surface area contributed by atoms with Crippen molar-refractivity contribution < 1.29 is 14.6 Å². The van der Waals surface area contributed by atoms with E-state index in [1.165, 1.54) is 95.0 Å². The van der Waals surface area contributed by atoms with Gasteiger partial charge in [0.1, 0.15) is 17.2 Å². The van der Waals surface area contributed by atoms with Crippen molar-refractivity contribution in [1.29, 1.82) is 0 Å². The molecule has 4 heteroatoms. The van der Waals surface area contributed by atoms with Crippen LogP contribution in [0, 0.1) is 0 Å². The molecule has 1 N–H and O–H groups in total. The lowest BCUT2D eigenvalue weighted by Crippen LogP contribution is -2.25. The van der Waals surface area contributed by atoms with Gasteiger partial charge in [-0.15, -0.1) is 0 Å². The molecule has 0 amide bonds. The Hall–Kier alpha value is -2.98. The lowest BCUT2D eigenvalue weighted by molar-refractivity contribution is 0.247. The third kappa shape index (κ3) is 8.04. The van der Waals surface area contributed by atoms with Crippen LogP contribution in [0.4, 0.5) is 0 Å². The number of benzene rings is 3. The maximum Gasteiger partial charge on any atom is 0.126 e. The summed E-state index contributed by atoms with van der Waals surface area (Å²) in [4.78, 5) is 2.64. The van der Waals surface area contributed by atoms with Crippen LogP contribution in [0.25, 0.3) is 0 Å². The van der Waals surface area contributed by atoms with Gasteiger partial charge in [0.25, 0.3) is 0 Å². The molecule has 5 rings (SSSR count). The lowest BCUT2D eigenvalue weighted by atomic mass is 9.76. The SMILES string of the molecule is Oc1ccc2c(c1)OC[C@H](c1ccccc1)[C@@H]2c1ccc(OCCCCCCCCCCCN2CCCC2)cc1. The van der Waals surface area contributed by atoms with Gasteiger partial charge in [0, 0.05) is 23.5 Å². The Balaban J connectivity index is 1.03. The van der Waals surface area contributed by atoms with E-state index in [9.17, 15) is 5.11 Å². The molecule has 0 bridgehead atoms. The number of ether oxygens (including phenoxy) is 2. The number of aromatic hydroxyl groups is 1. The topological polar surface area (TPSA) is 41.9 Å². The highest BCUT2D eigenvalue weighted by Gasteiger charge is 2.33. The van der Waals surface area contributed by atoms with Crippen molar-refractivity contribution in [2.24, 2.45) is 0 Å². The minimum atomic E-state index is 0.158. The first kappa shape index (κ1) is 28.5. The molecule has 2 atom stereocenters. The number of likely N-dealkylation sites (tertiary alicyclic amines) is 1. The molecule has 4 nitrogen and oxygen atoms in total. The summed E-state index contributed by atoms with van der Waals surface area (Å²) in [5, 5.41) is 10.0. The molecular weight excluding hydrogens is 494 g/mol. The Bertz CT molecular complexity index is 1140. The van der Waals surface area contributed by atoms with Crippen molar-refractivity contribution >= 4 is 0 Å². The highest BCUT2D eigenvalue weighted by molar-refractivity contribution is 5.50. The number of fused-ring (bicyclic) bond motifs is 1. The molecule has 2 aliphatic rings. The highest BCUT2D eigenvalue weighted by Crippen LogP contribution is 2.47. The van der Waals surface area contributed by atoms with Gasteiger partial charge in [-0.2, -0.15) is 0 Å². The van der Waals surface area contributed by atoms with Crippen LogP contribution in [0.5, 0.6) is 17.2 Å². The summed E-state index contributed by atoms with van der Waals surface area (Å²) in [5.74, 6) is 2.32. The third-order valence-corrected chi connectivity index (χ3v) is 8.71. The zero-order chi connectivity index (χ0) is 27.4. The Labute approximate surface area is 241 Å². The summed E-state index contributed by atoms with van der Waals surface area (Å²) < 4.78 is 12.2. The van der Waals surface area contributed by atoms with Crippen molar-refractivity contribution in [1.82, 2.24) is 4.90 Å². The molecule has 0 spiro atoms. The second-order valence-corrected chi connectivity index (χ2v) is 11.7. The standard InChI is InChI=1S/C36H47NO3/c38-31-19-22-33-35(27-31)40-28-34(29-15-9-8-10-16-29)36(33)30-17-20-32(21-18-30)39-26-14-7-5-3-1-2-4-6-11-23-37-24-12-13-25-37/h8-10,15-22,27,34,36,38H,1-7,11-14,23-26,28H2/t34-,36-/m1/s1. The van der Waals surface area contributed by atoms with Gasteiger partial charge in [0.15, 0.2) is 0 Å². The maximum atomic E-state index is 10.0. The first-order chi connectivity index (χ1) is 19.8. The molecule has 0 aliphatic carbocycles. The number of nitrogens with zero attached hydrogens (tertiary/aromatic N) is 1. The largest absolute Gasteiger partial charge is 0.508 e. The number of hydrogen-bond acceptors (Lipinski definition) is 4. The van der Waals surface area contributed by atoms with Gasteiger partial charge >= 0.3 is 0 Å². The molecule has 0 aromatic heterocycles. The first-order valence-electron chi connectivity index (χ1n) is 15.7. The average Bonchev–Trinajstić information content (AvgIpc) is 3.51. The van der Waals surface area contributed by atoms with Crippen molar-refractivity contribution in [2.75, 3.05) is 32.8 Å². The van der Waals surface area contributed by atoms with Crippen molar-refractivity contribution in [3.63, 3.8) is 0 Å². The summed E-state index contributed by atoms with van der Waals surface area (Å²) in [6.07, 6.45) is 14.8. The molecule has 40 heavy (non-hydrogen) atoms. The predicted molar refractivity (Wildman–Crippen MR) is 164 cm³/mol. The van der Waals surface area contributed by atoms with Crippen LogP contribution < -0.4 is 9.47 Å². The van der Waals surface area contributed by atoms with E-state index in [1.54, 1.807) is 12.1 Å². The molecule has 2 aliphatic heterocycles. The Morgan fingerprint density at radius 2 is 1.40 bits per heavy atom.